The summed E-state index contributed by atoms with van der Waals surface area (Å²) in [7, 11) is -3.54. The number of nitrogens with zero attached hydrogens (tertiary/aromatic N) is 3. The minimum Gasteiger partial charge on any atom is -0.477 e. The number of carboxylic acid groups (broad SMARTS) is 1. The van der Waals surface area contributed by atoms with Crippen molar-refractivity contribution in [3.8, 4) is 0 Å². The van der Waals surface area contributed by atoms with E-state index in [4.69, 9.17) is 0 Å². The molecule has 0 aliphatic carbocycles. The highest BCUT2D eigenvalue weighted by atomic mass is 32.2. The zero-order valence-electron chi connectivity index (χ0n) is 15.7. The third-order valence-corrected chi connectivity index (χ3v) is 5.29. The first-order valence-corrected chi connectivity index (χ1v) is 10.6. The first-order chi connectivity index (χ1) is 13.8. The molecular weight excluding hydrogens is 392 g/mol. The largest absolute Gasteiger partial charge is 0.477 e. The van der Waals surface area contributed by atoms with Gasteiger partial charge in [0.05, 0.1) is 12.8 Å². The van der Waals surface area contributed by atoms with E-state index < -0.39 is 16.0 Å². The number of carboxylic acids is 1. The predicted molar refractivity (Wildman–Crippen MR) is 109 cm³/mol. The van der Waals surface area contributed by atoms with Crippen LogP contribution in [0.4, 0.5) is 11.5 Å². The van der Waals surface area contributed by atoms with Gasteiger partial charge in [-0.2, -0.15) is 4.31 Å². The standard InChI is InChI=1S/C20H20N4O4S/c1-29(27,28)24(13-15-8-4-2-5-9-15)14-18-21-12-17(20(25)26)19(23-18)22-16-10-6-3-7-11-16/h2-12H,13-14H2,1H3,(H,25,26)(H,21,22,23). The molecule has 0 aliphatic rings. The third kappa shape index (κ3) is 5.59. The average Bonchev–Trinajstić information content (AvgIpc) is 2.68. The van der Waals surface area contributed by atoms with Gasteiger partial charge in [0.1, 0.15) is 17.2 Å². The third-order valence-electron chi connectivity index (χ3n) is 4.09. The van der Waals surface area contributed by atoms with Gasteiger partial charge in [0, 0.05) is 18.4 Å². The van der Waals surface area contributed by atoms with Crippen molar-refractivity contribution in [3.05, 3.63) is 83.8 Å². The number of hydrogen-bond donors (Lipinski definition) is 2. The Morgan fingerprint density at radius 2 is 1.66 bits per heavy atom. The van der Waals surface area contributed by atoms with E-state index in [0.717, 1.165) is 11.8 Å². The van der Waals surface area contributed by atoms with Gasteiger partial charge in [-0.05, 0) is 17.7 Å². The van der Waals surface area contributed by atoms with Crippen LogP contribution in [0, 0.1) is 0 Å². The first kappa shape index (κ1) is 20.4. The zero-order chi connectivity index (χ0) is 20.9. The van der Waals surface area contributed by atoms with E-state index in [1.807, 2.05) is 36.4 Å². The molecule has 0 saturated carbocycles. The van der Waals surface area contributed by atoms with E-state index >= 15 is 0 Å². The lowest BCUT2D eigenvalue weighted by atomic mass is 10.2. The number of hydrogen-bond acceptors (Lipinski definition) is 6. The Balaban J connectivity index is 1.90. The fourth-order valence-electron chi connectivity index (χ4n) is 2.64. The molecule has 0 fully saturated rings. The Labute approximate surface area is 168 Å². The molecule has 8 nitrogen and oxygen atoms in total. The van der Waals surface area contributed by atoms with Gasteiger partial charge >= 0.3 is 5.97 Å². The quantitative estimate of drug-likeness (QED) is 0.585. The highest BCUT2D eigenvalue weighted by Gasteiger charge is 2.21. The molecule has 2 N–H and O–H groups in total. The second kappa shape index (κ2) is 8.80. The summed E-state index contributed by atoms with van der Waals surface area (Å²) in [6.07, 6.45) is 2.30. The first-order valence-electron chi connectivity index (χ1n) is 8.73. The molecule has 29 heavy (non-hydrogen) atoms. The summed E-state index contributed by atoms with van der Waals surface area (Å²) in [5.74, 6) is -0.893. The van der Waals surface area contributed by atoms with Gasteiger partial charge in [0.2, 0.25) is 10.0 Å². The summed E-state index contributed by atoms with van der Waals surface area (Å²) < 4.78 is 25.7. The molecule has 0 radical (unpaired) electrons. The molecular formula is C20H20N4O4S. The average molecular weight is 412 g/mol. The number of aromatic nitrogens is 2. The molecule has 2 aromatic carbocycles. The lowest BCUT2D eigenvalue weighted by Gasteiger charge is -2.20. The number of anilines is 2. The summed E-state index contributed by atoms with van der Waals surface area (Å²) in [6, 6.07) is 18.1. The summed E-state index contributed by atoms with van der Waals surface area (Å²) >= 11 is 0. The van der Waals surface area contributed by atoms with Gasteiger partial charge in [-0.25, -0.2) is 23.2 Å². The van der Waals surface area contributed by atoms with Crippen LogP contribution < -0.4 is 5.32 Å². The van der Waals surface area contributed by atoms with Crippen LogP contribution in [-0.2, 0) is 23.1 Å². The topological polar surface area (TPSA) is 112 Å². The van der Waals surface area contributed by atoms with Crippen LogP contribution in [0.1, 0.15) is 21.7 Å². The second-order valence-electron chi connectivity index (χ2n) is 6.36. The lowest BCUT2D eigenvalue weighted by molar-refractivity contribution is 0.0697. The maximum absolute atomic E-state index is 12.3. The van der Waals surface area contributed by atoms with E-state index in [2.05, 4.69) is 15.3 Å². The van der Waals surface area contributed by atoms with Crippen molar-refractivity contribution in [2.24, 2.45) is 0 Å². The van der Waals surface area contributed by atoms with Crippen LogP contribution in [0.15, 0.2) is 66.9 Å². The van der Waals surface area contributed by atoms with E-state index in [1.165, 1.54) is 10.5 Å². The van der Waals surface area contributed by atoms with Gasteiger partial charge in [-0.3, -0.25) is 0 Å². The van der Waals surface area contributed by atoms with Crippen molar-refractivity contribution in [3.63, 3.8) is 0 Å². The van der Waals surface area contributed by atoms with Crippen molar-refractivity contribution in [2.75, 3.05) is 11.6 Å². The van der Waals surface area contributed by atoms with Crippen molar-refractivity contribution >= 4 is 27.5 Å². The summed E-state index contributed by atoms with van der Waals surface area (Å²) in [6.45, 7) is 0.0717. The maximum Gasteiger partial charge on any atom is 0.341 e. The predicted octanol–water partition coefficient (Wildman–Crippen LogP) is 2.88. The van der Waals surface area contributed by atoms with Gasteiger partial charge in [0.15, 0.2) is 0 Å². The Bertz CT molecular complexity index is 1090. The smallest absolute Gasteiger partial charge is 0.341 e. The fourth-order valence-corrected chi connectivity index (χ4v) is 3.37. The van der Waals surface area contributed by atoms with Crippen LogP contribution in [0.5, 0.6) is 0 Å². The molecule has 0 amide bonds. The van der Waals surface area contributed by atoms with E-state index in [0.29, 0.717) is 5.69 Å². The van der Waals surface area contributed by atoms with Crippen LogP contribution in [-0.4, -0.2) is 40.0 Å². The number of nitrogens with one attached hydrogen (secondary N) is 1. The van der Waals surface area contributed by atoms with E-state index in [-0.39, 0.29) is 30.3 Å². The van der Waals surface area contributed by atoms with Gasteiger partial charge in [0.25, 0.3) is 0 Å². The second-order valence-corrected chi connectivity index (χ2v) is 8.34. The van der Waals surface area contributed by atoms with Crippen LogP contribution in [0.25, 0.3) is 0 Å². The van der Waals surface area contributed by atoms with Gasteiger partial charge in [-0.15, -0.1) is 0 Å². The minimum absolute atomic E-state index is 0.0862. The van der Waals surface area contributed by atoms with Gasteiger partial charge in [-0.1, -0.05) is 48.5 Å². The Hall–Kier alpha value is -3.30. The molecule has 9 heteroatoms. The summed E-state index contributed by atoms with van der Waals surface area (Å²) in [4.78, 5) is 19.9. The van der Waals surface area contributed by atoms with Crippen LogP contribution in [0.3, 0.4) is 0 Å². The zero-order valence-corrected chi connectivity index (χ0v) is 16.5. The fraction of sp³-hybridized carbons (Fsp3) is 0.150. The normalized spacial score (nSPS) is 11.4. The molecule has 1 aromatic heterocycles. The summed E-state index contributed by atoms with van der Waals surface area (Å²) in [5, 5.41) is 12.4. The Morgan fingerprint density at radius 3 is 2.24 bits per heavy atom. The van der Waals surface area contributed by atoms with Crippen molar-refractivity contribution in [1.29, 1.82) is 0 Å². The van der Waals surface area contributed by atoms with E-state index in [1.54, 1.807) is 24.3 Å². The van der Waals surface area contributed by atoms with Gasteiger partial charge < -0.3 is 10.4 Å². The Kier molecular flexibility index (Phi) is 6.20. The molecule has 150 valence electrons. The lowest BCUT2D eigenvalue weighted by Crippen LogP contribution is -2.30. The highest BCUT2D eigenvalue weighted by Crippen LogP contribution is 2.20. The molecule has 0 unspecified atom stereocenters. The molecule has 1 heterocycles. The highest BCUT2D eigenvalue weighted by molar-refractivity contribution is 7.88. The van der Waals surface area contributed by atoms with Crippen molar-refractivity contribution in [2.45, 2.75) is 13.1 Å². The SMILES string of the molecule is CS(=O)(=O)N(Cc1ccccc1)Cc1ncc(C(=O)O)c(Nc2ccccc2)n1. The monoisotopic (exact) mass is 412 g/mol. The maximum atomic E-state index is 12.3. The van der Waals surface area contributed by atoms with Crippen LogP contribution in [0.2, 0.25) is 0 Å². The number of sulfonamides is 1. The summed E-state index contributed by atoms with van der Waals surface area (Å²) in [5.41, 5.74) is 1.37. The van der Waals surface area contributed by atoms with Crippen molar-refractivity contribution in [1.82, 2.24) is 14.3 Å². The Morgan fingerprint density at radius 1 is 1.03 bits per heavy atom. The molecule has 0 aliphatic heterocycles. The number of rotatable bonds is 8. The number of benzene rings is 2. The minimum atomic E-state index is -3.54. The number of carbonyl (C=O) groups is 1. The molecule has 0 atom stereocenters. The van der Waals surface area contributed by atoms with Crippen LogP contribution >= 0.6 is 0 Å². The molecule has 0 spiro atoms. The molecule has 0 bridgehead atoms. The molecule has 3 rings (SSSR count). The number of aromatic carboxylic acids is 1. The van der Waals surface area contributed by atoms with E-state index in [9.17, 15) is 18.3 Å². The van der Waals surface area contributed by atoms with Crippen molar-refractivity contribution < 1.29 is 18.3 Å². The molecule has 0 saturated heterocycles. The number of para-hydroxylation sites is 1. The molecule has 3 aromatic rings.